The van der Waals surface area contributed by atoms with Crippen LogP contribution in [0, 0.1) is 6.92 Å². The van der Waals surface area contributed by atoms with Gasteiger partial charge in [0.25, 0.3) is 0 Å². The summed E-state index contributed by atoms with van der Waals surface area (Å²) in [6.07, 6.45) is 1.92. The van der Waals surface area contributed by atoms with Gasteiger partial charge in [0.1, 0.15) is 11.4 Å². The average molecular weight is 497 g/mol. The largest absolute Gasteiger partial charge is 0.497 e. The predicted octanol–water partition coefficient (Wildman–Crippen LogP) is 5.07. The van der Waals surface area contributed by atoms with E-state index in [-0.39, 0.29) is 11.7 Å². The van der Waals surface area contributed by atoms with Crippen molar-refractivity contribution in [2.24, 2.45) is 7.05 Å². The summed E-state index contributed by atoms with van der Waals surface area (Å²) in [6, 6.07) is 13.3. The topological polar surface area (TPSA) is 86.9 Å². The van der Waals surface area contributed by atoms with Crippen LogP contribution < -0.4 is 10.1 Å². The number of amides is 1. The lowest BCUT2D eigenvalue weighted by Gasteiger charge is -2.09. The number of hydrogen-bond acceptors (Lipinski definition) is 6. The minimum absolute atomic E-state index is 0.165. The first-order valence-electron chi connectivity index (χ1n) is 10.7. The zero-order valence-corrected chi connectivity index (χ0v) is 20.9. The van der Waals surface area contributed by atoms with Gasteiger partial charge in [0.05, 0.1) is 29.1 Å². The molecule has 34 heavy (non-hydrogen) atoms. The highest BCUT2D eigenvalue weighted by atomic mass is 35.5. The van der Waals surface area contributed by atoms with Crippen LogP contribution in [-0.4, -0.2) is 43.3 Å². The Labute approximate surface area is 207 Å². The van der Waals surface area contributed by atoms with Gasteiger partial charge in [-0.3, -0.25) is 9.48 Å². The first-order chi connectivity index (χ1) is 16.4. The molecule has 0 aliphatic rings. The van der Waals surface area contributed by atoms with E-state index in [2.05, 4.69) is 20.6 Å². The first-order valence-corrected chi connectivity index (χ1v) is 12.1. The van der Waals surface area contributed by atoms with Gasteiger partial charge < -0.3 is 14.6 Å². The van der Waals surface area contributed by atoms with Crippen LogP contribution in [-0.2, 0) is 18.4 Å². The molecule has 4 rings (SSSR count). The highest BCUT2D eigenvalue weighted by molar-refractivity contribution is 7.99. The summed E-state index contributed by atoms with van der Waals surface area (Å²) < 4.78 is 9.11. The molecule has 0 saturated heterocycles. The number of nitrogens with one attached hydrogen (secondary N) is 1. The van der Waals surface area contributed by atoms with Crippen molar-refractivity contribution >= 4 is 35.0 Å². The van der Waals surface area contributed by atoms with Crippen LogP contribution in [0.2, 0.25) is 5.02 Å². The summed E-state index contributed by atoms with van der Waals surface area (Å²) in [5.74, 6) is 1.46. The number of benzene rings is 2. The number of rotatable bonds is 8. The van der Waals surface area contributed by atoms with E-state index in [0.717, 1.165) is 28.1 Å². The third-order valence-electron chi connectivity index (χ3n) is 5.18. The Morgan fingerprint density at radius 1 is 1.21 bits per heavy atom. The number of carbonyl (C=O) groups excluding carboxylic acids is 1. The van der Waals surface area contributed by atoms with Crippen molar-refractivity contribution in [3.05, 3.63) is 59.2 Å². The maximum atomic E-state index is 12.5. The van der Waals surface area contributed by atoms with E-state index in [9.17, 15) is 4.79 Å². The second-order valence-corrected chi connectivity index (χ2v) is 9.02. The van der Waals surface area contributed by atoms with E-state index in [1.807, 2.05) is 68.1 Å². The molecule has 2 heterocycles. The van der Waals surface area contributed by atoms with Crippen LogP contribution in [0.5, 0.6) is 5.75 Å². The standard InChI is InChI=1S/C24H25ClN6O2S/c1-5-31-23(18-13-30(3)29-22(18)16-7-6-8-17(12-16)33-4)27-28-24(31)34-14-21(32)26-20-10-9-15(2)11-19(20)25/h6-13H,5,14H2,1-4H3,(H,26,32). The van der Waals surface area contributed by atoms with Crippen molar-refractivity contribution in [3.63, 3.8) is 0 Å². The maximum absolute atomic E-state index is 12.5. The second-order valence-electron chi connectivity index (χ2n) is 7.67. The third-order valence-corrected chi connectivity index (χ3v) is 6.46. The van der Waals surface area contributed by atoms with Gasteiger partial charge in [-0.2, -0.15) is 5.10 Å². The molecule has 4 aromatic rings. The van der Waals surface area contributed by atoms with Crippen molar-refractivity contribution in [3.8, 4) is 28.4 Å². The summed E-state index contributed by atoms with van der Waals surface area (Å²) in [6.45, 7) is 4.61. The number of aryl methyl sites for hydroxylation is 2. The Balaban J connectivity index is 1.56. The summed E-state index contributed by atoms with van der Waals surface area (Å²) in [4.78, 5) is 12.5. The number of nitrogens with zero attached hydrogens (tertiary/aromatic N) is 5. The number of hydrogen-bond donors (Lipinski definition) is 1. The van der Waals surface area contributed by atoms with Gasteiger partial charge in [0.15, 0.2) is 11.0 Å². The molecule has 0 unspecified atom stereocenters. The minimum Gasteiger partial charge on any atom is -0.497 e. The Kier molecular flexibility index (Phi) is 7.23. The van der Waals surface area contributed by atoms with Gasteiger partial charge in [-0.25, -0.2) is 0 Å². The highest BCUT2D eigenvalue weighted by Crippen LogP contribution is 2.33. The smallest absolute Gasteiger partial charge is 0.234 e. The van der Waals surface area contributed by atoms with Crippen LogP contribution in [0.3, 0.4) is 0 Å². The Morgan fingerprint density at radius 3 is 2.76 bits per heavy atom. The molecule has 0 aliphatic carbocycles. The molecule has 10 heteroatoms. The Bertz CT molecular complexity index is 1330. The molecular formula is C24H25ClN6O2S. The molecule has 0 spiro atoms. The second kappa shape index (κ2) is 10.3. The summed E-state index contributed by atoms with van der Waals surface area (Å²) in [5, 5.41) is 17.5. The molecular weight excluding hydrogens is 472 g/mol. The highest BCUT2D eigenvalue weighted by Gasteiger charge is 2.21. The van der Waals surface area contributed by atoms with Gasteiger partial charge in [-0.1, -0.05) is 41.6 Å². The van der Waals surface area contributed by atoms with Crippen molar-refractivity contribution in [1.82, 2.24) is 24.5 Å². The molecule has 1 amide bonds. The SMILES string of the molecule is CCn1c(SCC(=O)Nc2ccc(C)cc2Cl)nnc1-c1cn(C)nc1-c1cccc(OC)c1. The fraction of sp³-hybridized carbons (Fsp3) is 0.250. The predicted molar refractivity (Wildman–Crippen MR) is 135 cm³/mol. The zero-order chi connectivity index (χ0) is 24.2. The Morgan fingerprint density at radius 2 is 2.03 bits per heavy atom. The van der Waals surface area contributed by atoms with Crippen molar-refractivity contribution in [1.29, 1.82) is 0 Å². The van der Waals surface area contributed by atoms with Crippen LogP contribution in [0.25, 0.3) is 22.6 Å². The van der Waals surface area contributed by atoms with E-state index in [1.54, 1.807) is 17.9 Å². The normalized spacial score (nSPS) is 11.0. The lowest BCUT2D eigenvalue weighted by Crippen LogP contribution is -2.15. The summed E-state index contributed by atoms with van der Waals surface area (Å²) >= 11 is 7.56. The van der Waals surface area contributed by atoms with Gasteiger partial charge in [0.2, 0.25) is 5.91 Å². The van der Waals surface area contributed by atoms with Crippen LogP contribution >= 0.6 is 23.4 Å². The molecule has 0 fully saturated rings. The van der Waals surface area contributed by atoms with Crippen molar-refractivity contribution in [2.75, 3.05) is 18.2 Å². The van der Waals surface area contributed by atoms with Crippen LogP contribution in [0.4, 0.5) is 5.69 Å². The summed E-state index contributed by atoms with van der Waals surface area (Å²) in [7, 11) is 3.51. The number of methoxy groups -OCH3 is 1. The maximum Gasteiger partial charge on any atom is 0.234 e. The molecule has 8 nitrogen and oxygen atoms in total. The van der Waals surface area contributed by atoms with Crippen molar-refractivity contribution in [2.45, 2.75) is 25.5 Å². The molecule has 2 aromatic heterocycles. The van der Waals surface area contributed by atoms with Crippen LogP contribution in [0.1, 0.15) is 12.5 Å². The lowest BCUT2D eigenvalue weighted by molar-refractivity contribution is -0.113. The molecule has 2 aromatic carbocycles. The average Bonchev–Trinajstić information content (AvgIpc) is 3.42. The molecule has 0 saturated carbocycles. The first kappa shape index (κ1) is 23.8. The molecule has 0 atom stereocenters. The molecule has 0 radical (unpaired) electrons. The van der Waals surface area contributed by atoms with E-state index >= 15 is 0 Å². The third kappa shape index (κ3) is 5.10. The Hall–Kier alpha value is -3.30. The number of aromatic nitrogens is 5. The summed E-state index contributed by atoms with van der Waals surface area (Å²) in [5.41, 5.74) is 4.18. The quantitative estimate of drug-likeness (QED) is 0.343. The van der Waals surface area contributed by atoms with Crippen molar-refractivity contribution < 1.29 is 9.53 Å². The van der Waals surface area contributed by atoms with E-state index in [1.165, 1.54) is 11.8 Å². The number of anilines is 1. The number of halogens is 1. The van der Waals surface area contributed by atoms with Gasteiger partial charge in [0, 0.05) is 25.4 Å². The molecule has 0 bridgehead atoms. The van der Waals surface area contributed by atoms with E-state index < -0.39 is 0 Å². The van der Waals surface area contributed by atoms with E-state index in [0.29, 0.717) is 28.2 Å². The molecule has 1 N–H and O–H groups in total. The van der Waals surface area contributed by atoms with Gasteiger partial charge in [-0.05, 0) is 43.7 Å². The molecule has 176 valence electrons. The fourth-order valence-electron chi connectivity index (χ4n) is 3.55. The van der Waals surface area contributed by atoms with Crippen LogP contribution in [0.15, 0.2) is 53.8 Å². The van der Waals surface area contributed by atoms with Gasteiger partial charge >= 0.3 is 0 Å². The fourth-order valence-corrected chi connectivity index (χ4v) is 4.64. The zero-order valence-electron chi connectivity index (χ0n) is 19.4. The lowest BCUT2D eigenvalue weighted by atomic mass is 10.1. The number of carbonyl (C=O) groups is 1. The monoisotopic (exact) mass is 496 g/mol. The minimum atomic E-state index is -0.165. The number of ether oxygens (including phenoxy) is 1. The molecule has 0 aliphatic heterocycles. The van der Waals surface area contributed by atoms with E-state index in [4.69, 9.17) is 16.3 Å². The van der Waals surface area contributed by atoms with Gasteiger partial charge in [-0.15, -0.1) is 10.2 Å². The number of thioether (sulfide) groups is 1.